The molecule has 2 aromatic carbocycles. The van der Waals surface area contributed by atoms with E-state index in [1.165, 1.54) is 0 Å². The number of aromatic amines is 1. The van der Waals surface area contributed by atoms with E-state index in [4.69, 9.17) is 4.74 Å². The van der Waals surface area contributed by atoms with E-state index >= 15 is 0 Å². The van der Waals surface area contributed by atoms with Gasteiger partial charge >= 0.3 is 12.4 Å². The lowest BCUT2D eigenvalue weighted by molar-refractivity contribution is -0.143. The summed E-state index contributed by atoms with van der Waals surface area (Å²) in [5, 5.41) is 4.38. The molecule has 9 heteroatoms. The summed E-state index contributed by atoms with van der Waals surface area (Å²) in [5.41, 5.74) is -0.697. The molecule has 0 bridgehead atoms. The van der Waals surface area contributed by atoms with Gasteiger partial charge in [0.15, 0.2) is 0 Å². The van der Waals surface area contributed by atoms with Crippen molar-refractivity contribution >= 4 is 10.9 Å². The number of alkyl halides is 6. The van der Waals surface area contributed by atoms with Crippen molar-refractivity contribution in [2.45, 2.75) is 24.9 Å². The van der Waals surface area contributed by atoms with E-state index in [0.29, 0.717) is 18.7 Å². The smallest absolute Gasteiger partial charge is 0.376 e. The molecule has 3 nitrogen and oxygen atoms in total. The van der Waals surface area contributed by atoms with Crippen molar-refractivity contribution in [1.82, 2.24) is 10.3 Å². The first-order chi connectivity index (χ1) is 14.6. The van der Waals surface area contributed by atoms with Crippen molar-refractivity contribution in [3.05, 3.63) is 70.9 Å². The number of para-hydroxylation sites is 1. The fourth-order valence-electron chi connectivity index (χ4n) is 4.10. The van der Waals surface area contributed by atoms with E-state index in [1.807, 2.05) is 30.5 Å². The highest BCUT2D eigenvalue weighted by Crippen LogP contribution is 2.37. The van der Waals surface area contributed by atoms with Crippen LogP contribution in [0.2, 0.25) is 0 Å². The number of H-pyrrole nitrogens is 1. The fourth-order valence-corrected chi connectivity index (χ4v) is 4.10. The van der Waals surface area contributed by atoms with Gasteiger partial charge < -0.3 is 15.0 Å². The minimum atomic E-state index is -4.87. The van der Waals surface area contributed by atoms with Gasteiger partial charge in [-0.05, 0) is 35.4 Å². The van der Waals surface area contributed by atoms with Crippen LogP contribution in [-0.2, 0) is 23.7 Å². The van der Waals surface area contributed by atoms with Crippen LogP contribution in [0.25, 0.3) is 10.9 Å². The number of hydrogen-bond acceptors (Lipinski definition) is 2. The van der Waals surface area contributed by atoms with E-state index in [2.05, 4.69) is 10.3 Å². The summed E-state index contributed by atoms with van der Waals surface area (Å²) < 4.78 is 83.7. The molecule has 2 N–H and O–H groups in total. The maximum Gasteiger partial charge on any atom is 0.416 e. The predicted molar refractivity (Wildman–Crippen MR) is 104 cm³/mol. The largest absolute Gasteiger partial charge is 0.416 e. The molecule has 0 spiro atoms. The number of benzene rings is 2. The number of ether oxygens (including phenoxy) is 1. The van der Waals surface area contributed by atoms with Crippen molar-refractivity contribution in [3.8, 4) is 0 Å². The normalized spacial score (nSPS) is 19.9. The molecular weight excluding hydrogens is 422 g/mol. The van der Waals surface area contributed by atoms with Crippen molar-refractivity contribution in [3.63, 3.8) is 0 Å². The van der Waals surface area contributed by atoms with E-state index < -0.39 is 23.5 Å². The second kappa shape index (κ2) is 8.20. The molecule has 31 heavy (non-hydrogen) atoms. The zero-order valence-electron chi connectivity index (χ0n) is 16.3. The molecule has 1 fully saturated rings. The summed E-state index contributed by atoms with van der Waals surface area (Å²) in [6.45, 7) is 1.26. The number of halogens is 6. The summed E-state index contributed by atoms with van der Waals surface area (Å²) in [6.07, 6.45) is -7.80. The van der Waals surface area contributed by atoms with Gasteiger partial charge in [0.25, 0.3) is 0 Å². The predicted octanol–water partition coefficient (Wildman–Crippen LogP) is 5.73. The first kappa shape index (κ1) is 21.7. The molecule has 2 heterocycles. The van der Waals surface area contributed by atoms with Gasteiger partial charge in [-0.25, -0.2) is 0 Å². The number of aromatic nitrogens is 1. The SMILES string of the molecule is FC(F)(F)c1cc(COCC2CNCC2c2c[nH]c3ccccc23)cc(C(F)(F)F)c1. The fraction of sp³-hybridized carbons (Fsp3) is 0.364. The topological polar surface area (TPSA) is 37.0 Å². The second-order valence-corrected chi connectivity index (χ2v) is 7.74. The van der Waals surface area contributed by atoms with Crippen molar-refractivity contribution < 1.29 is 31.1 Å². The zero-order valence-corrected chi connectivity index (χ0v) is 16.3. The Kier molecular flexibility index (Phi) is 5.74. The van der Waals surface area contributed by atoms with Crippen LogP contribution in [-0.4, -0.2) is 24.7 Å². The van der Waals surface area contributed by atoms with Crippen LogP contribution < -0.4 is 5.32 Å². The summed E-state index contributed by atoms with van der Waals surface area (Å²) in [4.78, 5) is 3.23. The van der Waals surface area contributed by atoms with Crippen LogP contribution in [0.3, 0.4) is 0 Å². The lowest BCUT2D eigenvalue weighted by atomic mass is 9.89. The Morgan fingerprint density at radius 3 is 2.26 bits per heavy atom. The lowest BCUT2D eigenvalue weighted by Gasteiger charge is -2.19. The number of nitrogens with one attached hydrogen (secondary N) is 2. The van der Waals surface area contributed by atoms with Crippen LogP contribution in [0, 0.1) is 5.92 Å². The van der Waals surface area contributed by atoms with Crippen molar-refractivity contribution in [2.75, 3.05) is 19.7 Å². The standard InChI is InChI=1S/C22H20F6N2O/c23-21(24,25)15-5-13(6-16(7-15)22(26,27)28)11-31-12-14-8-29-9-18(14)19-10-30-20-4-2-1-3-17(19)20/h1-7,10,14,18,29-30H,8-9,11-12H2. The molecule has 1 saturated heterocycles. The molecule has 2 unspecified atom stereocenters. The van der Waals surface area contributed by atoms with Crippen LogP contribution in [0.15, 0.2) is 48.7 Å². The Morgan fingerprint density at radius 2 is 1.58 bits per heavy atom. The van der Waals surface area contributed by atoms with E-state index in [0.717, 1.165) is 23.0 Å². The Balaban J connectivity index is 1.47. The Morgan fingerprint density at radius 1 is 0.903 bits per heavy atom. The number of fused-ring (bicyclic) bond motifs is 1. The third kappa shape index (κ3) is 4.72. The molecular formula is C22H20F6N2O. The second-order valence-electron chi connectivity index (χ2n) is 7.74. The quantitative estimate of drug-likeness (QED) is 0.496. The van der Waals surface area contributed by atoms with Gasteiger partial charge in [0.05, 0.1) is 24.3 Å². The molecule has 2 atom stereocenters. The highest BCUT2D eigenvalue weighted by atomic mass is 19.4. The highest BCUT2D eigenvalue weighted by molar-refractivity contribution is 5.83. The molecule has 166 valence electrons. The summed E-state index contributed by atoms with van der Waals surface area (Å²) in [7, 11) is 0. The maximum atomic E-state index is 13.0. The minimum Gasteiger partial charge on any atom is -0.376 e. The monoisotopic (exact) mass is 442 g/mol. The maximum absolute atomic E-state index is 13.0. The number of rotatable bonds is 5. The van der Waals surface area contributed by atoms with Crippen LogP contribution in [0.1, 0.15) is 28.2 Å². The Hall–Kier alpha value is -2.52. The molecule has 1 aliphatic heterocycles. The van der Waals surface area contributed by atoms with Crippen molar-refractivity contribution in [2.24, 2.45) is 5.92 Å². The molecule has 0 saturated carbocycles. The van der Waals surface area contributed by atoms with Crippen LogP contribution in [0.5, 0.6) is 0 Å². The molecule has 0 amide bonds. The van der Waals surface area contributed by atoms with Gasteiger partial charge in [0.2, 0.25) is 0 Å². The first-order valence-corrected chi connectivity index (χ1v) is 9.76. The lowest BCUT2D eigenvalue weighted by Crippen LogP contribution is -2.18. The third-order valence-corrected chi connectivity index (χ3v) is 5.61. The van der Waals surface area contributed by atoms with Crippen LogP contribution >= 0.6 is 0 Å². The Bertz CT molecular complexity index is 1020. The molecule has 0 aliphatic carbocycles. The molecule has 4 rings (SSSR count). The summed E-state index contributed by atoms with van der Waals surface area (Å²) in [5.74, 6) is 0.176. The van der Waals surface area contributed by atoms with Crippen molar-refractivity contribution in [1.29, 1.82) is 0 Å². The third-order valence-electron chi connectivity index (χ3n) is 5.61. The van der Waals surface area contributed by atoms with Gasteiger partial charge in [0, 0.05) is 42.0 Å². The van der Waals surface area contributed by atoms with Gasteiger partial charge in [-0.15, -0.1) is 0 Å². The molecule has 1 aromatic heterocycles. The summed E-state index contributed by atoms with van der Waals surface area (Å²) >= 11 is 0. The zero-order chi connectivity index (χ0) is 22.2. The van der Waals surface area contributed by atoms with E-state index in [1.54, 1.807) is 0 Å². The summed E-state index contributed by atoms with van der Waals surface area (Å²) in [6, 6.07) is 9.40. The van der Waals surface area contributed by atoms with Gasteiger partial charge in [0.1, 0.15) is 0 Å². The molecule has 0 radical (unpaired) electrons. The van der Waals surface area contributed by atoms with E-state index in [-0.39, 0.29) is 36.7 Å². The van der Waals surface area contributed by atoms with Crippen LogP contribution in [0.4, 0.5) is 26.3 Å². The van der Waals surface area contributed by atoms with Gasteiger partial charge in [-0.1, -0.05) is 18.2 Å². The first-order valence-electron chi connectivity index (χ1n) is 9.76. The van der Waals surface area contributed by atoms with Gasteiger partial charge in [-0.3, -0.25) is 0 Å². The number of hydrogen-bond donors (Lipinski definition) is 2. The van der Waals surface area contributed by atoms with E-state index in [9.17, 15) is 26.3 Å². The van der Waals surface area contributed by atoms with Gasteiger partial charge in [-0.2, -0.15) is 26.3 Å². The average Bonchev–Trinajstić information content (AvgIpc) is 3.33. The minimum absolute atomic E-state index is 0.0482. The Labute approximate surface area is 174 Å². The molecule has 3 aromatic rings. The highest BCUT2D eigenvalue weighted by Gasteiger charge is 2.37. The molecule has 1 aliphatic rings. The average molecular weight is 442 g/mol.